The molecule has 104 valence electrons. The van der Waals surface area contributed by atoms with Crippen LogP contribution in [0.25, 0.3) is 0 Å². The molecule has 2 aromatic rings. The molecule has 0 heterocycles. The van der Waals surface area contributed by atoms with E-state index in [2.05, 4.69) is 10.6 Å². The summed E-state index contributed by atoms with van der Waals surface area (Å²) in [6, 6.07) is 10.1. The Kier molecular flexibility index (Phi) is 4.57. The molecule has 0 spiro atoms. The lowest BCUT2D eigenvalue weighted by Crippen LogP contribution is -2.19. The Hall–Kier alpha value is -1.65. The zero-order chi connectivity index (χ0) is 14.7. The van der Waals surface area contributed by atoms with Gasteiger partial charge in [0.2, 0.25) is 0 Å². The van der Waals surface area contributed by atoms with E-state index in [1.54, 1.807) is 6.07 Å². The molecule has 0 fully saturated rings. The van der Waals surface area contributed by atoms with E-state index >= 15 is 0 Å². The molecular weight excluding hydrogens is 295 g/mol. The third-order valence-electron chi connectivity index (χ3n) is 2.85. The van der Waals surface area contributed by atoms with Gasteiger partial charge >= 0.3 is 0 Å². The summed E-state index contributed by atoms with van der Waals surface area (Å²) >= 11 is 11.2. The van der Waals surface area contributed by atoms with Gasteiger partial charge < -0.3 is 10.6 Å². The molecule has 0 saturated heterocycles. The molecule has 0 aliphatic carbocycles. The van der Waals surface area contributed by atoms with Gasteiger partial charge in [-0.05, 0) is 73.6 Å². The number of halogens is 2. The van der Waals surface area contributed by atoms with E-state index in [9.17, 15) is 4.39 Å². The highest BCUT2D eigenvalue weighted by molar-refractivity contribution is 7.80. The lowest BCUT2D eigenvalue weighted by molar-refractivity contribution is 0.627. The van der Waals surface area contributed by atoms with Crippen molar-refractivity contribution in [3.05, 3.63) is 58.4 Å². The number of rotatable bonds is 2. The number of nitrogens with one attached hydrogen (secondary N) is 2. The maximum Gasteiger partial charge on any atom is 0.175 e. The van der Waals surface area contributed by atoms with Crippen LogP contribution in [0.2, 0.25) is 5.02 Å². The largest absolute Gasteiger partial charge is 0.332 e. The van der Waals surface area contributed by atoms with Gasteiger partial charge in [0.05, 0.1) is 0 Å². The van der Waals surface area contributed by atoms with Gasteiger partial charge in [0, 0.05) is 16.4 Å². The second kappa shape index (κ2) is 6.20. The molecule has 0 aliphatic rings. The first-order chi connectivity index (χ1) is 9.45. The highest BCUT2D eigenvalue weighted by atomic mass is 35.5. The molecule has 2 N–H and O–H groups in total. The van der Waals surface area contributed by atoms with Crippen molar-refractivity contribution in [3.8, 4) is 0 Å². The average molecular weight is 309 g/mol. The van der Waals surface area contributed by atoms with Gasteiger partial charge in [0.15, 0.2) is 5.11 Å². The van der Waals surface area contributed by atoms with E-state index in [0.717, 1.165) is 22.5 Å². The monoisotopic (exact) mass is 308 g/mol. The van der Waals surface area contributed by atoms with Crippen LogP contribution in [0.4, 0.5) is 15.8 Å². The van der Waals surface area contributed by atoms with E-state index < -0.39 is 0 Å². The van der Waals surface area contributed by atoms with E-state index in [4.69, 9.17) is 23.8 Å². The van der Waals surface area contributed by atoms with Gasteiger partial charge in [-0.25, -0.2) is 4.39 Å². The first kappa shape index (κ1) is 14.8. The maximum absolute atomic E-state index is 13.0. The lowest BCUT2D eigenvalue weighted by Gasteiger charge is -2.13. The van der Waals surface area contributed by atoms with Crippen LogP contribution in [-0.4, -0.2) is 5.11 Å². The minimum atomic E-state index is -0.264. The Bertz CT molecular complexity index is 658. The summed E-state index contributed by atoms with van der Waals surface area (Å²) in [6.45, 7) is 3.74. The standard InChI is InChI=1S/C15H14ClFN2S/c1-9-8-12(4-5-13(9)16)18-15(20)19-14-6-3-11(17)7-10(14)2/h3-8H,1-2H3,(H2,18,19,20). The molecule has 0 amide bonds. The normalized spacial score (nSPS) is 10.2. The summed E-state index contributed by atoms with van der Waals surface area (Å²) in [4.78, 5) is 0. The van der Waals surface area contributed by atoms with Crippen molar-refractivity contribution in [2.75, 3.05) is 10.6 Å². The van der Waals surface area contributed by atoms with Crippen molar-refractivity contribution < 1.29 is 4.39 Å². The first-order valence-corrected chi connectivity index (χ1v) is 6.84. The van der Waals surface area contributed by atoms with Crippen molar-refractivity contribution in [3.63, 3.8) is 0 Å². The predicted octanol–water partition coefficient (Wildman–Crippen LogP) is 4.90. The average Bonchev–Trinajstić information content (AvgIpc) is 2.37. The molecule has 2 aromatic carbocycles. The van der Waals surface area contributed by atoms with Crippen molar-refractivity contribution in [2.45, 2.75) is 13.8 Å². The topological polar surface area (TPSA) is 24.1 Å². The first-order valence-electron chi connectivity index (χ1n) is 6.06. The van der Waals surface area contributed by atoms with Crippen LogP contribution in [0.5, 0.6) is 0 Å². The number of hydrogen-bond donors (Lipinski definition) is 2. The highest BCUT2D eigenvalue weighted by Crippen LogP contribution is 2.20. The van der Waals surface area contributed by atoms with Gasteiger partial charge in [-0.2, -0.15) is 0 Å². The Morgan fingerprint density at radius 1 is 1.05 bits per heavy atom. The van der Waals surface area contributed by atoms with E-state index in [0.29, 0.717) is 10.1 Å². The minimum absolute atomic E-state index is 0.264. The van der Waals surface area contributed by atoms with Crippen molar-refractivity contribution >= 4 is 40.3 Å². The van der Waals surface area contributed by atoms with Crippen molar-refractivity contribution in [1.29, 1.82) is 0 Å². The molecule has 2 nitrogen and oxygen atoms in total. The van der Waals surface area contributed by atoms with Crippen molar-refractivity contribution in [1.82, 2.24) is 0 Å². The summed E-state index contributed by atoms with van der Waals surface area (Å²) < 4.78 is 13.0. The minimum Gasteiger partial charge on any atom is -0.332 e. The molecule has 0 radical (unpaired) electrons. The fourth-order valence-corrected chi connectivity index (χ4v) is 2.12. The van der Waals surface area contributed by atoms with Crippen LogP contribution in [0, 0.1) is 19.7 Å². The van der Waals surface area contributed by atoms with Crippen LogP contribution in [-0.2, 0) is 0 Å². The Labute approximate surface area is 128 Å². The molecule has 0 unspecified atom stereocenters. The number of thiocarbonyl (C=S) groups is 1. The summed E-state index contributed by atoms with van der Waals surface area (Å²) in [5.41, 5.74) is 3.39. The maximum atomic E-state index is 13.0. The second-order valence-electron chi connectivity index (χ2n) is 4.50. The van der Waals surface area contributed by atoms with Crippen LogP contribution >= 0.6 is 23.8 Å². The fraction of sp³-hybridized carbons (Fsp3) is 0.133. The molecule has 0 bridgehead atoms. The molecule has 0 saturated carbocycles. The molecule has 0 atom stereocenters. The summed E-state index contributed by atoms with van der Waals surface area (Å²) in [5.74, 6) is -0.264. The van der Waals surface area contributed by atoms with Gasteiger partial charge in [0.25, 0.3) is 0 Å². The second-order valence-corrected chi connectivity index (χ2v) is 5.32. The third kappa shape index (κ3) is 3.68. The summed E-state index contributed by atoms with van der Waals surface area (Å²) in [5, 5.41) is 7.27. The Morgan fingerprint density at radius 3 is 2.45 bits per heavy atom. The third-order valence-corrected chi connectivity index (χ3v) is 3.48. The number of aryl methyl sites for hydroxylation is 2. The molecule has 0 aromatic heterocycles. The Balaban J connectivity index is 2.07. The quantitative estimate of drug-likeness (QED) is 0.771. The highest BCUT2D eigenvalue weighted by Gasteiger charge is 2.04. The van der Waals surface area contributed by atoms with Crippen LogP contribution in [0.15, 0.2) is 36.4 Å². The van der Waals surface area contributed by atoms with E-state index in [1.165, 1.54) is 12.1 Å². The molecule has 2 rings (SSSR count). The molecule has 5 heteroatoms. The number of hydrogen-bond acceptors (Lipinski definition) is 1. The van der Waals surface area contributed by atoms with Gasteiger partial charge in [-0.1, -0.05) is 11.6 Å². The van der Waals surface area contributed by atoms with Gasteiger partial charge in [-0.3, -0.25) is 0 Å². The number of anilines is 2. The number of benzene rings is 2. The van der Waals surface area contributed by atoms with E-state index in [1.807, 2.05) is 32.0 Å². The molecule has 0 aliphatic heterocycles. The van der Waals surface area contributed by atoms with Crippen LogP contribution < -0.4 is 10.6 Å². The van der Waals surface area contributed by atoms with E-state index in [-0.39, 0.29) is 5.82 Å². The zero-order valence-corrected chi connectivity index (χ0v) is 12.7. The molecular formula is C15H14ClFN2S. The SMILES string of the molecule is Cc1cc(NC(=S)Nc2ccc(F)cc2C)ccc1Cl. The van der Waals surface area contributed by atoms with Crippen LogP contribution in [0.1, 0.15) is 11.1 Å². The molecule has 20 heavy (non-hydrogen) atoms. The Morgan fingerprint density at radius 2 is 1.80 bits per heavy atom. The lowest BCUT2D eigenvalue weighted by atomic mass is 10.2. The predicted molar refractivity (Wildman–Crippen MR) is 87.2 cm³/mol. The fourth-order valence-electron chi connectivity index (χ4n) is 1.77. The zero-order valence-electron chi connectivity index (χ0n) is 11.1. The van der Waals surface area contributed by atoms with Crippen LogP contribution in [0.3, 0.4) is 0 Å². The van der Waals surface area contributed by atoms with Gasteiger partial charge in [-0.15, -0.1) is 0 Å². The smallest absolute Gasteiger partial charge is 0.175 e. The summed E-state index contributed by atoms with van der Waals surface area (Å²) in [7, 11) is 0. The summed E-state index contributed by atoms with van der Waals surface area (Å²) in [6.07, 6.45) is 0. The van der Waals surface area contributed by atoms with Crippen molar-refractivity contribution in [2.24, 2.45) is 0 Å². The van der Waals surface area contributed by atoms with Gasteiger partial charge in [0.1, 0.15) is 5.82 Å².